The number of hydrogen-bond donors (Lipinski definition) is 0. The molecule has 0 aromatic heterocycles. The topological polar surface area (TPSA) is 51.2 Å². The van der Waals surface area contributed by atoms with E-state index in [2.05, 4.69) is 0 Å². The second-order valence-electron chi connectivity index (χ2n) is 3.31. The zero-order valence-electron chi connectivity index (χ0n) is 8.37. The van der Waals surface area contributed by atoms with E-state index in [1.54, 1.807) is 13.0 Å². The lowest BCUT2D eigenvalue weighted by Crippen LogP contribution is -2.02. The first-order valence-corrected chi connectivity index (χ1v) is 6.03. The van der Waals surface area contributed by atoms with Crippen LogP contribution in [0.4, 0.5) is 0 Å². The third-order valence-corrected chi connectivity index (χ3v) is 3.24. The van der Waals surface area contributed by atoms with Gasteiger partial charge in [0.15, 0.2) is 15.6 Å². The van der Waals surface area contributed by atoms with Crippen molar-refractivity contribution < 1.29 is 13.2 Å². The summed E-state index contributed by atoms with van der Waals surface area (Å²) in [6.45, 7) is 3.14. The van der Waals surface area contributed by atoms with Crippen LogP contribution in [-0.2, 0) is 9.84 Å². The molecule has 0 radical (unpaired) electrons. The Morgan fingerprint density at radius 2 is 1.86 bits per heavy atom. The average molecular weight is 212 g/mol. The van der Waals surface area contributed by atoms with Crippen molar-refractivity contribution in [2.24, 2.45) is 0 Å². The van der Waals surface area contributed by atoms with Gasteiger partial charge < -0.3 is 0 Å². The molecule has 0 spiro atoms. The van der Waals surface area contributed by atoms with Crippen molar-refractivity contribution in [1.82, 2.24) is 0 Å². The van der Waals surface area contributed by atoms with E-state index in [4.69, 9.17) is 0 Å². The molecule has 0 amide bonds. The highest BCUT2D eigenvalue weighted by Gasteiger charge is 2.11. The zero-order valence-corrected chi connectivity index (χ0v) is 9.18. The first-order chi connectivity index (χ1) is 6.32. The Kier molecular flexibility index (Phi) is 2.76. The minimum absolute atomic E-state index is 0.0619. The molecular weight excluding hydrogens is 200 g/mol. The third kappa shape index (κ3) is 2.20. The van der Waals surface area contributed by atoms with E-state index in [0.29, 0.717) is 11.1 Å². The van der Waals surface area contributed by atoms with E-state index in [-0.39, 0.29) is 10.7 Å². The third-order valence-electron chi connectivity index (χ3n) is 1.98. The van der Waals surface area contributed by atoms with Crippen LogP contribution in [0.2, 0.25) is 0 Å². The highest BCUT2D eigenvalue weighted by atomic mass is 32.2. The number of Topliss-reactive ketones (excluding diaryl/α,β-unsaturated/α-hetero) is 1. The van der Waals surface area contributed by atoms with E-state index in [1.807, 2.05) is 0 Å². The van der Waals surface area contributed by atoms with Crippen molar-refractivity contribution in [1.29, 1.82) is 0 Å². The molecule has 3 nitrogen and oxygen atoms in total. The molecule has 1 rings (SSSR count). The lowest BCUT2D eigenvalue weighted by molar-refractivity contribution is 0.101. The van der Waals surface area contributed by atoms with Crippen LogP contribution in [0.3, 0.4) is 0 Å². The van der Waals surface area contributed by atoms with Crippen LogP contribution in [-0.4, -0.2) is 20.5 Å². The summed E-state index contributed by atoms with van der Waals surface area (Å²) in [6.07, 6.45) is 1.16. The summed E-state index contributed by atoms with van der Waals surface area (Å²) in [5, 5.41) is 0. The number of hydrogen-bond acceptors (Lipinski definition) is 3. The maximum atomic E-state index is 11.2. The highest BCUT2D eigenvalue weighted by Crippen LogP contribution is 2.16. The second kappa shape index (κ2) is 3.53. The predicted octanol–water partition coefficient (Wildman–Crippen LogP) is 1.60. The van der Waals surface area contributed by atoms with Crippen LogP contribution in [0.15, 0.2) is 23.1 Å². The summed E-state index contributed by atoms with van der Waals surface area (Å²) >= 11 is 0. The quantitative estimate of drug-likeness (QED) is 0.700. The van der Waals surface area contributed by atoms with Gasteiger partial charge in [0.2, 0.25) is 0 Å². The van der Waals surface area contributed by atoms with Crippen LogP contribution >= 0.6 is 0 Å². The number of carbonyl (C=O) groups is 1. The van der Waals surface area contributed by atoms with E-state index in [9.17, 15) is 13.2 Å². The van der Waals surface area contributed by atoms with Gasteiger partial charge in [-0.25, -0.2) is 8.42 Å². The summed E-state index contributed by atoms with van der Waals surface area (Å²) in [5.41, 5.74) is 1.15. The number of rotatable bonds is 2. The fourth-order valence-electron chi connectivity index (χ4n) is 1.28. The predicted molar refractivity (Wildman–Crippen MR) is 54.3 cm³/mol. The monoisotopic (exact) mass is 212 g/mol. The molecule has 76 valence electrons. The number of benzene rings is 1. The Morgan fingerprint density at radius 1 is 1.29 bits per heavy atom. The molecule has 0 fully saturated rings. The van der Waals surface area contributed by atoms with Gasteiger partial charge in [0.25, 0.3) is 0 Å². The molecule has 1 aromatic rings. The van der Waals surface area contributed by atoms with Gasteiger partial charge in [0, 0.05) is 11.8 Å². The van der Waals surface area contributed by atoms with Gasteiger partial charge in [0.05, 0.1) is 4.90 Å². The van der Waals surface area contributed by atoms with Crippen LogP contribution in [0.5, 0.6) is 0 Å². The van der Waals surface area contributed by atoms with Crippen LogP contribution < -0.4 is 0 Å². The summed E-state index contributed by atoms with van der Waals surface area (Å²) in [4.78, 5) is 11.3. The summed E-state index contributed by atoms with van der Waals surface area (Å²) in [6, 6.07) is 4.60. The summed E-state index contributed by atoms with van der Waals surface area (Å²) < 4.78 is 22.5. The van der Waals surface area contributed by atoms with Crippen LogP contribution in [0, 0.1) is 6.92 Å². The fourth-order valence-corrected chi connectivity index (χ4v) is 2.24. The van der Waals surface area contributed by atoms with Crippen molar-refractivity contribution in [3.05, 3.63) is 29.3 Å². The maximum Gasteiger partial charge on any atom is 0.175 e. The lowest BCUT2D eigenvalue weighted by atomic mass is 10.1. The number of ketones is 1. The first-order valence-electron chi connectivity index (χ1n) is 4.14. The largest absolute Gasteiger partial charge is 0.295 e. The van der Waals surface area contributed by atoms with Crippen LogP contribution in [0.1, 0.15) is 22.8 Å². The molecule has 0 heterocycles. The second-order valence-corrected chi connectivity index (χ2v) is 5.29. The molecule has 1 aromatic carbocycles. The Morgan fingerprint density at radius 3 is 2.21 bits per heavy atom. The summed E-state index contributed by atoms with van der Waals surface area (Å²) in [7, 11) is -3.19. The molecule has 0 bridgehead atoms. The van der Waals surface area contributed by atoms with Gasteiger partial charge in [-0.15, -0.1) is 0 Å². The maximum absolute atomic E-state index is 11.2. The Hall–Kier alpha value is -1.16. The smallest absolute Gasteiger partial charge is 0.175 e. The number of carbonyl (C=O) groups excluding carboxylic acids is 1. The molecule has 0 aliphatic carbocycles. The van der Waals surface area contributed by atoms with Gasteiger partial charge in [-0.1, -0.05) is 6.07 Å². The van der Waals surface area contributed by atoms with E-state index >= 15 is 0 Å². The Balaban J connectivity index is 3.35. The molecule has 0 atom stereocenters. The van der Waals surface area contributed by atoms with Gasteiger partial charge in [-0.2, -0.15) is 0 Å². The molecule has 0 saturated heterocycles. The molecule has 0 saturated carbocycles. The molecule has 14 heavy (non-hydrogen) atoms. The van der Waals surface area contributed by atoms with E-state index < -0.39 is 9.84 Å². The molecular formula is C10H12O3S. The number of aryl methyl sites for hydroxylation is 1. The van der Waals surface area contributed by atoms with E-state index in [0.717, 1.165) is 6.26 Å². The first kappa shape index (κ1) is 10.9. The molecule has 4 heteroatoms. The fraction of sp³-hybridized carbons (Fsp3) is 0.300. The highest BCUT2D eigenvalue weighted by molar-refractivity contribution is 7.90. The number of sulfone groups is 1. The van der Waals surface area contributed by atoms with Crippen molar-refractivity contribution >= 4 is 15.6 Å². The van der Waals surface area contributed by atoms with Crippen molar-refractivity contribution in [2.45, 2.75) is 18.7 Å². The molecule has 0 unspecified atom stereocenters. The van der Waals surface area contributed by atoms with Crippen molar-refractivity contribution in [2.75, 3.05) is 6.26 Å². The zero-order chi connectivity index (χ0) is 10.9. The molecule has 0 aliphatic rings. The van der Waals surface area contributed by atoms with Gasteiger partial charge in [0.1, 0.15) is 0 Å². The SMILES string of the molecule is CC(=O)c1ccc(S(C)(=O)=O)c(C)c1. The normalized spacial score (nSPS) is 11.4. The summed E-state index contributed by atoms with van der Waals surface area (Å²) in [5.74, 6) is -0.0619. The standard InChI is InChI=1S/C10H12O3S/c1-7-6-9(8(2)11)4-5-10(7)14(3,12)13/h4-6H,1-3H3. The van der Waals surface area contributed by atoms with Gasteiger partial charge in [-0.3, -0.25) is 4.79 Å². The lowest BCUT2D eigenvalue weighted by Gasteiger charge is -2.04. The minimum atomic E-state index is -3.19. The minimum Gasteiger partial charge on any atom is -0.295 e. The molecule has 0 aliphatic heterocycles. The van der Waals surface area contributed by atoms with Crippen molar-refractivity contribution in [3.8, 4) is 0 Å². The van der Waals surface area contributed by atoms with Crippen LogP contribution in [0.25, 0.3) is 0 Å². The van der Waals surface area contributed by atoms with Crippen molar-refractivity contribution in [3.63, 3.8) is 0 Å². The van der Waals surface area contributed by atoms with Gasteiger partial charge in [-0.05, 0) is 31.5 Å². The average Bonchev–Trinajstić information content (AvgIpc) is 2.01. The molecule has 0 N–H and O–H groups in total. The van der Waals surface area contributed by atoms with E-state index in [1.165, 1.54) is 19.1 Å². The van der Waals surface area contributed by atoms with Gasteiger partial charge >= 0.3 is 0 Å². The Bertz CT molecular complexity index is 472. The Labute approximate surface area is 83.7 Å².